The number of ether oxygens (including phenoxy) is 1. The Morgan fingerprint density at radius 2 is 2.04 bits per heavy atom. The third kappa shape index (κ3) is 5.19. The number of nitrogens with zero attached hydrogens (tertiary/aromatic N) is 3. The van der Waals surface area contributed by atoms with Gasteiger partial charge < -0.3 is 19.4 Å². The van der Waals surface area contributed by atoms with Crippen LogP contribution in [0.4, 0.5) is 4.79 Å². The standard InChI is InChI=1S/C19H26N4O4/c1-3-26-18(24)6-7-20-19(25)23-10-8-22(9-11-23)13-17-21-15-5-4-14(2)12-16(15)27-17/h4-5,12H,3,6-11,13H2,1-2H3,(H,20,25). The average Bonchev–Trinajstić information content (AvgIpc) is 3.03. The molecule has 0 atom stereocenters. The van der Waals surface area contributed by atoms with Crippen molar-refractivity contribution in [3.05, 3.63) is 29.7 Å². The molecule has 0 aliphatic carbocycles. The summed E-state index contributed by atoms with van der Waals surface area (Å²) in [4.78, 5) is 32.0. The summed E-state index contributed by atoms with van der Waals surface area (Å²) < 4.78 is 10.7. The maximum atomic E-state index is 12.2. The van der Waals surface area contributed by atoms with Crippen molar-refractivity contribution in [1.29, 1.82) is 0 Å². The van der Waals surface area contributed by atoms with E-state index in [9.17, 15) is 9.59 Å². The van der Waals surface area contributed by atoms with Crippen molar-refractivity contribution in [3.63, 3.8) is 0 Å². The molecule has 146 valence electrons. The summed E-state index contributed by atoms with van der Waals surface area (Å²) in [5.41, 5.74) is 2.83. The van der Waals surface area contributed by atoms with Gasteiger partial charge in [0.25, 0.3) is 0 Å². The Hall–Kier alpha value is -2.61. The number of oxazole rings is 1. The molecule has 1 aromatic carbocycles. The van der Waals surface area contributed by atoms with Crippen molar-refractivity contribution >= 4 is 23.1 Å². The number of carbonyl (C=O) groups excluding carboxylic acids is 2. The van der Waals surface area contributed by atoms with Gasteiger partial charge in [0.15, 0.2) is 5.58 Å². The molecule has 8 nitrogen and oxygen atoms in total. The maximum Gasteiger partial charge on any atom is 0.317 e. The number of carbonyl (C=O) groups is 2. The molecule has 27 heavy (non-hydrogen) atoms. The number of hydrogen-bond donors (Lipinski definition) is 1. The fourth-order valence-electron chi connectivity index (χ4n) is 3.06. The van der Waals surface area contributed by atoms with Gasteiger partial charge in [-0.25, -0.2) is 9.78 Å². The SMILES string of the molecule is CCOC(=O)CCNC(=O)N1CCN(Cc2nc3ccc(C)cc3o2)CC1. The van der Waals surface area contributed by atoms with Gasteiger partial charge in [-0.1, -0.05) is 6.07 Å². The van der Waals surface area contributed by atoms with E-state index < -0.39 is 0 Å². The van der Waals surface area contributed by atoms with Gasteiger partial charge in [-0.05, 0) is 31.5 Å². The second-order valence-corrected chi connectivity index (χ2v) is 6.63. The number of fused-ring (bicyclic) bond motifs is 1. The lowest BCUT2D eigenvalue weighted by Crippen LogP contribution is -2.51. The molecule has 0 spiro atoms. The minimum atomic E-state index is -0.295. The zero-order valence-corrected chi connectivity index (χ0v) is 15.9. The van der Waals surface area contributed by atoms with E-state index in [1.165, 1.54) is 0 Å². The molecule has 1 aromatic heterocycles. The fourth-order valence-corrected chi connectivity index (χ4v) is 3.06. The topological polar surface area (TPSA) is 87.9 Å². The Labute approximate surface area is 158 Å². The molecule has 0 saturated carbocycles. The lowest BCUT2D eigenvalue weighted by Gasteiger charge is -2.33. The summed E-state index contributed by atoms with van der Waals surface area (Å²) in [6, 6.07) is 5.84. The van der Waals surface area contributed by atoms with Crippen molar-refractivity contribution < 1.29 is 18.7 Å². The van der Waals surface area contributed by atoms with E-state index in [0.717, 1.165) is 29.8 Å². The van der Waals surface area contributed by atoms with Crippen LogP contribution in [0.3, 0.4) is 0 Å². The van der Waals surface area contributed by atoms with E-state index >= 15 is 0 Å². The largest absolute Gasteiger partial charge is 0.466 e. The van der Waals surface area contributed by atoms with Crippen LogP contribution in [0.5, 0.6) is 0 Å². The van der Waals surface area contributed by atoms with Gasteiger partial charge in [-0.15, -0.1) is 0 Å². The number of hydrogen-bond acceptors (Lipinski definition) is 6. The highest BCUT2D eigenvalue weighted by Gasteiger charge is 2.22. The summed E-state index contributed by atoms with van der Waals surface area (Å²) >= 11 is 0. The normalized spacial score (nSPS) is 15.1. The maximum absolute atomic E-state index is 12.2. The smallest absolute Gasteiger partial charge is 0.317 e. The van der Waals surface area contributed by atoms with Crippen LogP contribution < -0.4 is 5.32 Å². The minimum absolute atomic E-state index is 0.142. The number of benzene rings is 1. The van der Waals surface area contributed by atoms with Gasteiger partial charge in [0, 0.05) is 32.7 Å². The third-order valence-electron chi connectivity index (χ3n) is 4.52. The highest BCUT2D eigenvalue weighted by molar-refractivity contribution is 5.76. The Morgan fingerprint density at radius 1 is 1.26 bits per heavy atom. The van der Waals surface area contributed by atoms with Crippen LogP contribution in [0.15, 0.2) is 22.6 Å². The number of esters is 1. The predicted molar refractivity (Wildman–Crippen MR) is 100 cm³/mol. The van der Waals surface area contributed by atoms with Gasteiger partial charge >= 0.3 is 12.0 Å². The Kier molecular flexibility index (Phi) is 6.28. The van der Waals surface area contributed by atoms with E-state index in [-0.39, 0.29) is 18.4 Å². The average molecular weight is 374 g/mol. The fraction of sp³-hybridized carbons (Fsp3) is 0.526. The molecule has 1 saturated heterocycles. The molecule has 2 amide bonds. The summed E-state index contributed by atoms with van der Waals surface area (Å²) in [7, 11) is 0. The number of rotatable bonds is 6. The van der Waals surface area contributed by atoms with E-state index in [0.29, 0.717) is 38.7 Å². The highest BCUT2D eigenvalue weighted by atomic mass is 16.5. The van der Waals surface area contributed by atoms with Gasteiger partial charge in [0.1, 0.15) is 5.52 Å². The van der Waals surface area contributed by atoms with Gasteiger partial charge in [0.2, 0.25) is 5.89 Å². The number of piperazine rings is 1. The van der Waals surface area contributed by atoms with E-state index in [1.807, 2.05) is 25.1 Å². The van der Waals surface area contributed by atoms with Crippen molar-refractivity contribution in [3.8, 4) is 0 Å². The predicted octanol–water partition coefficient (Wildman–Crippen LogP) is 1.92. The van der Waals surface area contributed by atoms with Crippen LogP contribution in [0, 0.1) is 6.92 Å². The van der Waals surface area contributed by atoms with Gasteiger partial charge in [-0.2, -0.15) is 0 Å². The molecular formula is C19H26N4O4. The molecule has 0 bridgehead atoms. The molecule has 1 fully saturated rings. The van der Waals surface area contributed by atoms with Crippen LogP contribution in [0.1, 0.15) is 24.8 Å². The zero-order chi connectivity index (χ0) is 19.2. The van der Waals surface area contributed by atoms with E-state index in [1.54, 1.807) is 11.8 Å². The zero-order valence-electron chi connectivity index (χ0n) is 15.9. The van der Waals surface area contributed by atoms with Crippen LogP contribution >= 0.6 is 0 Å². The Morgan fingerprint density at radius 3 is 2.78 bits per heavy atom. The third-order valence-corrected chi connectivity index (χ3v) is 4.52. The first-order valence-corrected chi connectivity index (χ1v) is 9.32. The monoisotopic (exact) mass is 374 g/mol. The van der Waals surface area contributed by atoms with Crippen molar-refractivity contribution in [1.82, 2.24) is 20.1 Å². The van der Waals surface area contributed by atoms with E-state index in [4.69, 9.17) is 9.15 Å². The molecular weight excluding hydrogens is 348 g/mol. The van der Waals surface area contributed by atoms with Crippen molar-refractivity contribution in [2.75, 3.05) is 39.3 Å². The number of amides is 2. The molecule has 2 heterocycles. The Bertz CT molecular complexity index is 796. The molecule has 1 aliphatic rings. The summed E-state index contributed by atoms with van der Waals surface area (Å²) in [5, 5.41) is 2.77. The number of urea groups is 1. The lowest BCUT2D eigenvalue weighted by atomic mass is 10.2. The van der Waals surface area contributed by atoms with Crippen LogP contribution in [-0.2, 0) is 16.1 Å². The quantitative estimate of drug-likeness (QED) is 0.777. The minimum Gasteiger partial charge on any atom is -0.466 e. The van der Waals surface area contributed by atoms with Crippen LogP contribution in [0.2, 0.25) is 0 Å². The summed E-state index contributed by atoms with van der Waals surface area (Å²) in [6.45, 7) is 7.83. The second-order valence-electron chi connectivity index (χ2n) is 6.63. The number of aromatic nitrogens is 1. The lowest BCUT2D eigenvalue weighted by molar-refractivity contribution is -0.142. The van der Waals surface area contributed by atoms with Crippen LogP contribution in [-0.4, -0.2) is 66.1 Å². The molecule has 1 N–H and O–H groups in total. The Balaban J connectivity index is 1.42. The van der Waals surface area contributed by atoms with Crippen molar-refractivity contribution in [2.24, 2.45) is 0 Å². The number of nitrogens with one attached hydrogen (secondary N) is 1. The first-order chi connectivity index (χ1) is 13.0. The van der Waals surface area contributed by atoms with Gasteiger partial charge in [0.05, 0.1) is 19.6 Å². The van der Waals surface area contributed by atoms with Crippen LogP contribution in [0.25, 0.3) is 11.1 Å². The molecule has 0 radical (unpaired) electrons. The van der Waals surface area contributed by atoms with E-state index in [2.05, 4.69) is 15.2 Å². The molecule has 8 heteroatoms. The second kappa shape index (κ2) is 8.85. The molecule has 3 rings (SSSR count). The first-order valence-electron chi connectivity index (χ1n) is 9.32. The van der Waals surface area contributed by atoms with Gasteiger partial charge in [-0.3, -0.25) is 9.69 Å². The first kappa shape index (κ1) is 19.2. The molecule has 1 aliphatic heterocycles. The molecule has 2 aromatic rings. The molecule has 0 unspecified atom stereocenters. The van der Waals surface area contributed by atoms with Crippen molar-refractivity contribution in [2.45, 2.75) is 26.8 Å². The summed E-state index contributed by atoms with van der Waals surface area (Å²) in [5.74, 6) is 0.402. The number of aryl methyl sites for hydroxylation is 1. The summed E-state index contributed by atoms with van der Waals surface area (Å²) in [6.07, 6.45) is 0.191. The highest BCUT2D eigenvalue weighted by Crippen LogP contribution is 2.18.